The number of ether oxygens (including phenoxy) is 2. The van der Waals surface area contributed by atoms with Crippen LogP contribution in [0.25, 0.3) is 0 Å². The van der Waals surface area contributed by atoms with Gasteiger partial charge in [0.2, 0.25) is 0 Å². The number of esters is 1. The maximum atomic E-state index is 11.5. The zero-order chi connectivity index (χ0) is 12.6. The Bertz CT molecular complexity index is 276. The lowest BCUT2D eigenvalue weighted by atomic mass is 10.0. The van der Waals surface area contributed by atoms with Crippen molar-refractivity contribution in [3.63, 3.8) is 0 Å². The molecule has 1 atom stereocenters. The summed E-state index contributed by atoms with van der Waals surface area (Å²) in [5.74, 6) is -0.768. The van der Waals surface area contributed by atoms with Crippen molar-refractivity contribution in [3.05, 3.63) is 0 Å². The fraction of sp³-hybridized carbons (Fsp3) is 0.700. The molecule has 0 spiro atoms. The van der Waals surface area contributed by atoms with Gasteiger partial charge in [0.1, 0.15) is 0 Å². The number of rotatable bonds is 5. The van der Waals surface area contributed by atoms with E-state index in [0.29, 0.717) is 18.7 Å². The first-order valence-corrected chi connectivity index (χ1v) is 5.11. The molecular formula is C10H18N2O4. The van der Waals surface area contributed by atoms with Crippen LogP contribution in [0.15, 0.2) is 5.10 Å². The number of hydrogen-bond donors (Lipinski definition) is 1. The largest absolute Gasteiger partial charge is 0.465 e. The van der Waals surface area contributed by atoms with Gasteiger partial charge in [-0.3, -0.25) is 4.79 Å². The Labute approximate surface area is 95.0 Å². The third-order valence-electron chi connectivity index (χ3n) is 1.99. The Hall–Kier alpha value is -1.59. The SMILES string of the molecule is CCOC(=O)[C@H](CC)/C(C)=N/NC(=O)OC. The van der Waals surface area contributed by atoms with Crippen LogP contribution >= 0.6 is 0 Å². The van der Waals surface area contributed by atoms with Crippen molar-refractivity contribution in [3.8, 4) is 0 Å². The fourth-order valence-electron chi connectivity index (χ4n) is 1.13. The molecule has 92 valence electrons. The quantitative estimate of drug-likeness (QED) is 0.439. The van der Waals surface area contributed by atoms with Crippen LogP contribution in [-0.4, -0.2) is 31.5 Å². The van der Waals surface area contributed by atoms with Crippen LogP contribution in [0.2, 0.25) is 0 Å². The van der Waals surface area contributed by atoms with E-state index >= 15 is 0 Å². The molecule has 1 N–H and O–H groups in total. The van der Waals surface area contributed by atoms with Crippen LogP contribution in [0.1, 0.15) is 27.2 Å². The minimum Gasteiger partial charge on any atom is -0.465 e. The maximum Gasteiger partial charge on any atom is 0.427 e. The van der Waals surface area contributed by atoms with E-state index in [1.807, 2.05) is 6.92 Å². The Morgan fingerprint density at radius 2 is 2.00 bits per heavy atom. The lowest BCUT2D eigenvalue weighted by Crippen LogP contribution is -2.27. The molecule has 0 aliphatic rings. The van der Waals surface area contributed by atoms with Gasteiger partial charge in [0.25, 0.3) is 0 Å². The third kappa shape index (κ3) is 4.77. The van der Waals surface area contributed by atoms with Gasteiger partial charge in [-0.15, -0.1) is 0 Å². The highest BCUT2D eigenvalue weighted by molar-refractivity contribution is 6.01. The van der Waals surface area contributed by atoms with E-state index in [2.05, 4.69) is 15.3 Å². The highest BCUT2D eigenvalue weighted by Gasteiger charge is 2.21. The van der Waals surface area contributed by atoms with Crippen molar-refractivity contribution >= 4 is 17.8 Å². The first kappa shape index (κ1) is 14.4. The molecule has 0 rings (SSSR count). The highest BCUT2D eigenvalue weighted by Crippen LogP contribution is 2.07. The van der Waals surface area contributed by atoms with Crippen molar-refractivity contribution in [2.24, 2.45) is 11.0 Å². The van der Waals surface area contributed by atoms with Gasteiger partial charge < -0.3 is 9.47 Å². The molecule has 0 heterocycles. The minimum absolute atomic E-state index is 0.326. The zero-order valence-corrected chi connectivity index (χ0v) is 10.1. The van der Waals surface area contributed by atoms with Gasteiger partial charge in [0.05, 0.1) is 19.6 Å². The van der Waals surface area contributed by atoms with Gasteiger partial charge in [-0.05, 0) is 20.3 Å². The topological polar surface area (TPSA) is 77.0 Å². The van der Waals surface area contributed by atoms with Gasteiger partial charge in [-0.2, -0.15) is 5.10 Å². The summed E-state index contributed by atoms with van der Waals surface area (Å²) in [6.07, 6.45) is -0.102. The lowest BCUT2D eigenvalue weighted by molar-refractivity contribution is -0.145. The number of methoxy groups -OCH3 is 1. The number of carbonyl (C=O) groups excluding carboxylic acids is 2. The van der Waals surface area contributed by atoms with Crippen molar-refractivity contribution in [1.29, 1.82) is 0 Å². The molecule has 6 nitrogen and oxygen atoms in total. The number of amides is 1. The second-order valence-electron chi connectivity index (χ2n) is 3.07. The highest BCUT2D eigenvalue weighted by atomic mass is 16.5. The van der Waals surface area contributed by atoms with Crippen LogP contribution in [0, 0.1) is 5.92 Å². The average Bonchev–Trinajstić information content (AvgIpc) is 2.27. The number of hydrogen-bond acceptors (Lipinski definition) is 5. The standard InChI is InChI=1S/C10H18N2O4/c1-5-8(9(13)16-6-2)7(3)11-12-10(14)15-4/h8H,5-6H2,1-4H3,(H,12,14)/b11-7+/t8-/m1/s1. The van der Waals surface area contributed by atoms with Gasteiger partial charge in [0, 0.05) is 5.71 Å². The Balaban J connectivity index is 4.45. The van der Waals surface area contributed by atoms with Crippen LogP contribution < -0.4 is 5.43 Å². The molecule has 0 aromatic carbocycles. The van der Waals surface area contributed by atoms with Crippen molar-refractivity contribution in [1.82, 2.24) is 5.43 Å². The van der Waals surface area contributed by atoms with Crippen molar-refractivity contribution in [2.45, 2.75) is 27.2 Å². The van der Waals surface area contributed by atoms with Crippen molar-refractivity contribution < 1.29 is 19.1 Å². The fourth-order valence-corrected chi connectivity index (χ4v) is 1.13. The molecule has 0 bridgehead atoms. The Kier molecular flexibility index (Phi) is 6.91. The van der Waals surface area contributed by atoms with E-state index in [0.717, 1.165) is 0 Å². The van der Waals surface area contributed by atoms with Crippen LogP contribution in [0.4, 0.5) is 4.79 Å². The molecule has 1 amide bonds. The summed E-state index contributed by atoms with van der Waals surface area (Å²) >= 11 is 0. The Morgan fingerprint density at radius 1 is 1.38 bits per heavy atom. The second-order valence-corrected chi connectivity index (χ2v) is 3.07. The van der Waals surface area contributed by atoms with E-state index in [9.17, 15) is 9.59 Å². The predicted molar refractivity (Wildman–Crippen MR) is 59.1 cm³/mol. The number of carbonyl (C=O) groups is 2. The van der Waals surface area contributed by atoms with Crippen molar-refractivity contribution in [2.75, 3.05) is 13.7 Å². The molecule has 0 aliphatic carbocycles. The van der Waals surface area contributed by atoms with Gasteiger partial charge in [-0.1, -0.05) is 6.92 Å². The summed E-state index contributed by atoms with van der Waals surface area (Å²) in [6, 6.07) is 0. The molecule has 0 aliphatic heterocycles. The maximum absolute atomic E-state index is 11.5. The lowest BCUT2D eigenvalue weighted by Gasteiger charge is -2.12. The van der Waals surface area contributed by atoms with Gasteiger partial charge in [-0.25, -0.2) is 10.2 Å². The van der Waals surface area contributed by atoms with E-state index in [-0.39, 0.29) is 5.97 Å². The van der Waals surface area contributed by atoms with Crippen LogP contribution in [-0.2, 0) is 14.3 Å². The monoisotopic (exact) mass is 230 g/mol. The van der Waals surface area contributed by atoms with Gasteiger partial charge >= 0.3 is 12.1 Å². The third-order valence-corrected chi connectivity index (χ3v) is 1.99. The Morgan fingerprint density at radius 3 is 2.44 bits per heavy atom. The molecule has 0 saturated carbocycles. The summed E-state index contributed by atoms with van der Waals surface area (Å²) in [6.45, 7) is 5.57. The van der Waals surface area contributed by atoms with Crippen LogP contribution in [0.5, 0.6) is 0 Å². The molecule has 0 aromatic rings. The molecule has 6 heteroatoms. The molecule has 16 heavy (non-hydrogen) atoms. The molecule has 0 fully saturated rings. The summed E-state index contributed by atoms with van der Waals surface area (Å²) in [5, 5.41) is 3.76. The summed E-state index contributed by atoms with van der Waals surface area (Å²) in [5.41, 5.74) is 2.65. The first-order valence-electron chi connectivity index (χ1n) is 5.11. The first-order chi connectivity index (χ1) is 7.56. The molecule has 0 aromatic heterocycles. The normalized spacial score (nSPS) is 12.9. The van der Waals surface area contributed by atoms with E-state index in [1.54, 1.807) is 13.8 Å². The van der Waals surface area contributed by atoms with Crippen LogP contribution in [0.3, 0.4) is 0 Å². The number of nitrogens with one attached hydrogen (secondary N) is 1. The molecule has 0 unspecified atom stereocenters. The minimum atomic E-state index is -0.668. The second kappa shape index (κ2) is 7.67. The molecular weight excluding hydrogens is 212 g/mol. The van der Waals surface area contributed by atoms with Gasteiger partial charge in [0.15, 0.2) is 0 Å². The molecule has 0 saturated heterocycles. The summed E-state index contributed by atoms with van der Waals surface area (Å²) < 4.78 is 9.23. The summed E-state index contributed by atoms with van der Waals surface area (Å²) in [7, 11) is 1.24. The summed E-state index contributed by atoms with van der Waals surface area (Å²) in [4.78, 5) is 22.2. The van der Waals surface area contributed by atoms with E-state index in [1.165, 1.54) is 7.11 Å². The predicted octanol–water partition coefficient (Wildman–Crippen LogP) is 1.31. The smallest absolute Gasteiger partial charge is 0.427 e. The number of hydrazone groups is 1. The molecule has 0 radical (unpaired) electrons. The average molecular weight is 230 g/mol. The zero-order valence-electron chi connectivity index (χ0n) is 10.1. The van der Waals surface area contributed by atoms with E-state index < -0.39 is 12.0 Å². The van der Waals surface area contributed by atoms with E-state index in [4.69, 9.17) is 4.74 Å². The number of nitrogens with zero attached hydrogens (tertiary/aromatic N) is 1.